The van der Waals surface area contributed by atoms with Gasteiger partial charge >= 0.3 is 6.18 Å². The van der Waals surface area contributed by atoms with Crippen LogP contribution >= 0.6 is 11.6 Å². The van der Waals surface area contributed by atoms with E-state index in [4.69, 9.17) is 11.6 Å². The van der Waals surface area contributed by atoms with E-state index in [9.17, 15) is 22.8 Å². The van der Waals surface area contributed by atoms with Crippen LogP contribution in [-0.2, 0) is 22.3 Å². The Kier molecular flexibility index (Phi) is 6.20. The first-order chi connectivity index (χ1) is 12.2. The molecule has 2 rings (SSSR count). The number of hydrogen-bond acceptors (Lipinski definition) is 3. The Morgan fingerprint density at radius 1 is 1.23 bits per heavy atom. The second-order valence-electron chi connectivity index (χ2n) is 5.37. The van der Waals surface area contributed by atoms with E-state index in [1.165, 1.54) is 0 Å². The fourth-order valence-corrected chi connectivity index (χ4v) is 2.37. The smallest absolute Gasteiger partial charge is 0.349 e. The molecule has 2 amide bonds. The molecule has 138 valence electrons. The third-order valence-electron chi connectivity index (χ3n) is 3.44. The van der Waals surface area contributed by atoms with Crippen LogP contribution in [0.2, 0.25) is 5.02 Å². The van der Waals surface area contributed by atoms with Gasteiger partial charge in [0.25, 0.3) is 0 Å². The lowest BCUT2D eigenvalue weighted by Gasteiger charge is -2.23. The number of rotatable bonds is 5. The van der Waals surface area contributed by atoms with Crippen molar-refractivity contribution in [1.82, 2.24) is 10.3 Å². The molecule has 0 bridgehead atoms. The molecule has 1 N–H and O–H groups in total. The predicted molar refractivity (Wildman–Crippen MR) is 90.6 cm³/mol. The zero-order chi connectivity index (χ0) is 19.3. The highest BCUT2D eigenvalue weighted by molar-refractivity contribution is 6.34. The van der Waals surface area contributed by atoms with E-state index < -0.39 is 30.1 Å². The van der Waals surface area contributed by atoms with Gasteiger partial charge in [-0.05, 0) is 30.3 Å². The monoisotopic (exact) mass is 385 g/mol. The first-order valence-corrected chi connectivity index (χ1v) is 7.87. The van der Waals surface area contributed by atoms with Crippen molar-refractivity contribution in [2.24, 2.45) is 0 Å². The molecule has 1 aromatic heterocycles. The van der Waals surface area contributed by atoms with Gasteiger partial charge in [0, 0.05) is 13.1 Å². The minimum atomic E-state index is -4.59. The van der Waals surface area contributed by atoms with Crippen molar-refractivity contribution in [3.8, 4) is 0 Å². The summed E-state index contributed by atoms with van der Waals surface area (Å²) in [6.07, 6.45) is -3.03. The van der Waals surface area contributed by atoms with E-state index in [1.807, 2.05) is 0 Å². The van der Waals surface area contributed by atoms with Crippen molar-refractivity contribution in [2.45, 2.75) is 19.6 Å². The van der Waals surface area contributed by atoms with E-state index in [0.29, 0.717) is 5.69 Å². The number of anilines is 1. The summed E-state index contributed by atoms with van der Waals surface area (Å²) in [5.74, 6) is -1.17. The van der Waals surface area contributed by atoms with Gasteiger partial charge in [0.05, 0.1) is 28.5 Å². The van der Waals surface area contributed by atoms with Crippen molar-refractivity contribution < 1.29 is 22.8 Å². The molecule has 26 heavy (non-hydrogen) atoms. The number of benzene rings is 1. The highest BCUT2D eigenvalue weighted by Crippen LogP contribution is 2.35. The fourth-order valence-electron chi connectivity index (χ4n) is 2.15. The molecule has 0 aliphatic heterocycles. The second-order valence-corrected chi connectivity index (χ2v) is 5.77. The van der Waals surface area contributed by atoms with E-state index >= 15 is 0 Å². The van der Waals surface area contributed by atoms with Crippen LogP contribution in [0.5, 0.6) is 0 Å². The third kappa shape index (κ3) is 5.19. The predicted octanol–water partition coefficient (Wildman–Crippen LogP) is 3.42. The van der Waals surface area contributed by atoms with Crippen LogP contribution in [0.3, 0.4) is 0 Å². The zero-order valence-electron chi connectivity index (χ0n) is 13.7. The van der Waals surface area contributed by atoms with Crippen molar-refractivity contribution in [1.29, 1.82) is 0 Å². The van der Waals surface area contributed by atoms with Crippen LogP contribution in [0.25, 0.3) is 0 Å². The molecule has 0 unspecified atom stereocenters. The summed E-state index contributed by atoms with van der Waals surface area (Å²) in [4.78, 5) is 28.9. The molecule has 5 nitrogen and oxygen atoms in total. The first-order valence-electron chi connectivity index (χ1n) is 7.50. The average Bonchev–Trinajstić information content (AvgIpc) is 2.58. The number of aromatic nitrogens is 1. The molecule has 0 aliphatic carbocycles. The van der Waals surface area contributed by atoms with Gasteiger partial charge in [-0.25, -0.2) is 0 Å². The number of carbonyl (C=O) groups excluding carboxylic acids is 2. The van der Waals surface area contributed by atoms with Gasteiger partial charge < -0.3 is 10.2 Å². The molecular weight excluding hydrogens is 371 g/mol. The SMILES string of the molecule is CC(=O)N(CC(=O)NCc1ccccn1)c1cc(C(F)(F)F)ccc1Cl. The van der Waals surface area contributed by atoms with Crippen molar-refractivity contribution in [3.05, 3.63) is 58.9 Å². The average molecular weight is 386 g/mol. The fraction of sp³-hybridized carbons (Fsp3) is 0.235. The van der Waals surface area contributed by atoms with Crippen LogP contribution in [-0.4, -0.2) is 23.3 Å². The molecule has 0 atom stereocenters. The quantitative estimate of drug-likeness (QED) is 0.857. The molecule has 0 saturated carbocycles. The van der Waals surface area contributed by atoms with Crippen LogP contribution < -0.4 is 10.2 Å². The number of alkyl halides is 3. The minimum Gasteiger partial charge on any atom is -0.349 e. The lowest BCUT2D eigenvalue weighted by molar-refractivity contribution is -0.137. The van der Waals surface area contributed by atoms with Gasteiger partial charge in [-0.1, -0.05) is 17.7 Å². The Morgan fingerprint density at radius 2 is 1.96 bits per heavy atom. The Balaban J connectivity index is 2.16. The standard InChI is InChI=1S/C17H15ClF3N3O2/c1-11(25)24(10-16(26)23-9-13-4-2-3-7-22-13)15-8-12(17(19,20)21)5-6-14(15)18/h2-8H,9-10H2,1H3,(H,23,26). The minimum absolute atomic E-state index is 0.0641. The maximum Gasteiger partial charge on any atom is 0.416 e. The van der Waals surface area contributed by atoms with Crippen molar-refractivity contribution >= 4 is 29.1 Å². The highest BCUT2D eigenvalue weighted by atomic mass is 35.5. The van der Waals surface area contributed by atoms with Crippen LogP contribution in [0.1, 0.15) is 18.2 Å². The van der Waals surface area contributed by atoms with Crippen molar-refractivity contribution in [3.63, 3.8) is 0 Å². The molecule has 0 spiro atoms. The first kappa shape index (κ1) is 19.7. The van der Waals surface area contributed by atoms with E-state index in [2.05, 4.69) is 10.3 Å². The second kappa shape index (κ2) is 8.18. The van der Waals surface area contributed by atoms with Crippen LogP contribution in [0.15, 0.2) is 42.6 Å². The van der Waals surface area contributed by atoms with E-state index in [0.717, 1.165) is 30.0 Å². The summed E-state index contributed by atoms with van der Waals surface area (Å²) in [7, 11) is 0. The Morgan fingerprint density at radius 3 is 2.54 bits per heavy atom. The van der Waals surface area contributed by atoms with Gasteiger partial charge in [0.1, 0.15) is 6.54 Å². The molecular formula is C17H15ClF3N3O2. The number of hydrogen-bond donors (Lipinski definition) is 1. The topological polar surface area (TPSA) is 62.3 Å². The van der Waals surface area contributed by atoms with Gasteiger partial charge in [-0.2, -0.15) is 13.2 Å². The lowest BCUT2D eigenvalue weighted by Crippen LogP contribution is -2.40. The maximum absolute atomic E-state index is 12.9. The van der Waals surface area contributed by atoms with Gasteiger partial charge in [0.2, 0.25) is 11.8 Å². The Bertz CT molecular complexity index is 798. The third-order valence-corrected chi connectivity index (χ3v) is 3.76. The summed E-state index contributed by atoms with van der Waals surface area (Å²) in [5.41, 5.74) is -0.536. The summed E-state index contributed by atoms with van der Waals surface area (Å²) >= 11 is 5.94. The van der Waals surface area contributed by atoms with Gasteiger partial charge in [0.15, 0.2) is 0 Å². The molecule has 1 aromatic carbocycles. The summed E-state index contributed by atoms with van der Waals surface area (Å²) < 4.78 is 38.7. The van der Waals surface area contributed by atoms with E-state index in [-0.39, 0.29) is 17.3 Å². The number of pyridine rings is 1. The molecule has 0 aliphatic rings. The number of halogens is 4. The molecule has 2 aromatic rings. The number of nitrogens with zero attached hydrogens (tertiary/aromatic N) is 2. The number of carbonyl (C=O) groups is 2. The number of nitrogens with one attached hydrogen (secondary N) is 1. The van der Waals surface area contributed by atoms with E-state index in [1.54, 1.807) is 24.4 Å². The van der Waals surface area contributed by atoms with Gasteiger partial charge in [-0.3, -0.25) is 14.6 Å². The van der Waals surface area contributed by atoms with Crippen molar-refractivity contribution in [2.75, 3.05) is 11.4 Å². The molecule has 0 saturated heterocycles. The highest BCUT2D eigenvalue weighted by Gasteiger charge is 2.32. The Hall–Kier alpha value is -2.61. The number of amides is 2. The summed E-state index contributed by atoms with van der Waals surface area (Å²) in [6, 6.07) is 7.77. The van der Waals surface area contributed by atoms with Crippen LogP contribution in [0, 0.1) is 0 Å². The molecule has 9 heteroatoms. The molecule has 0 radical (unpaired) electrons. The Labute approximate surface area is 152 Å². The maximum atomic E-state index is 12.9. The van der Waals surface area contributed by atoms with Gasteiger partial charge in [-0.15, -0.1) is 0 Å². The zero-order valence-corrected chi connectivity index (χ0v) is 14.4. The molecule has 0 fully saturated rings. The van der Waals surface area contributed by atoms with Crippen LogP contribution in [0.4, 0.5) is 18.9 Å². The molecule has 1 heterocycles. The summed E-state index contributed by atoms with van der Waals surface area (Å²) in [6.45, 7) is 0.799. The largest absolute Gasteiger partial charge is 0.416 e. The lowest BCUT2D eigenvalue weighted by atomic mass is 10.1. The normalized spacial score (nSPS) is 11.1. The summed E-state index contributed by atoms with van der Waals surface area (Å²) in [5, 5.41) is 2.49.